The second-order valence-electron chi connectivity index (χ2n) is 6.21. The molecule has 0 aliphatic rings. The Bertz CT molecular complexity index is 1200. The van der Waals surface area contributed by atoms with Gasteiger partial charge in [0.15, 0.2) is 0 Å². The Morgan fingerprint density at radius 3 is 2.27 bits per heavy atom. The summed E-state index contributed by atoms with van der Waals surface area (Å²) in [5, 5.41) is 13.6. The van der Waals surface area contributed by atoms with Crippen LogP contribution in [0.1, 0.15) is 10.4 Å². The summed E-state index contributed by atoms with van der Waals surface area (Å²) < 4.78 is 26.5. The Hall–Kier alpha value is -3.43. The zero-order chi connectivity index (χ0) is 21.9. The molecule has 0 aliphatic heterocycles. The molecule has 0 unspecified atom stereocenters. The van der Waals surface area contributed by atoms with Crippen LogP contribution >= 0.6 is 11.6 Å². The first-order chi connectivity index (χ1) is 14.2. The number of carbonyl (C=O) groups excluding carboxylic acids is 1. The molecule has 8 nitrogen and oxygen atoms in total. The Balaban J connectivity index is 1.80. The van der Waals surface area contributed by atoms with Crippen molar-refractivity contribution in [3.8, 4) is 0 Å². The molecule has 0 aromatic heterocycles. The van der Waals surface area contributed by atoms with Crippen molar-refractivity contribution < 1.29 is 18.1 Å². The van der Waals surface area contributed by atoms with Crippen LogP contribution in [0.15, 0.2) is 77.7 Å². The van der Waals surface area contributed by atoms with E-state index in [1.54, 1.807) is 18.2 Å². The van der Waals surface area contributed by atoms with Crippen LogP contribution in [-0.2, 0) is 10.0 Å². The molecule has 0 aliphatic carbocycles. The van der Waals surface area contributed by atoms with Gasteiger partial charge in [0, 0.05) is 24.7 Å². The molecule has 3 rings (SSSR count). The second kappa shape index (κ2) is 8.52. The highest BCUT2D eigenvalue weighted by molar-refractivity contribution is 7.92. The average molecular weight is 446 g/mol. The highest BCUT2D eigenvalue weighted by Crippen LogP contribution is 2.28. The van der Waals surface area contributed by atoms with Crippen LogP contribution in [0.5, 0.6) is 0 Å². The summed E-state index contributed by atoms with van der Waals surface area (Å²) in [5.41, 5.74) is 0.483. The summed E-state index contributed by atoms with van der Waals surface area (Å²) in [6, 6.07) is 17.6. The van der Waals surface area contributed by atoms with Crippen molar-refractivity contribution in [3.63, 3.8) is 0 Å². The van der Waals surface area contributed by atoms with E-state index in [2.05, 4.69) is 5.32 Å². The maximum absolute atomic E-state index is 12.7. The topological polar surface area (TPSA) is 110 Å². The lowest BCUT2D eigenvalue weighted by atomic mass is 10.2. The Kier molecular flexibility index (Phi) is 6.04. The van der Waals surface area contributed by atoms with Gasteiger partial charge in [-0.05, 0) is 42.5 Å². The third-order valence-electron chi connectivity index (χ3n) is 4.30. The Morgan fingerprint density at radius 2 is 1.67 bits per heavy atom. The highest BCUT2D eigenvalue weighted by atomic mass is 35.5. The van der Waals surface area contributed by atoms with Gasteiger partial charge in [-0.25, -0.2) is 8.42 Å². The van der Waals surface area contributed by atoms with E-state index >= 15 is 0 Å². The van der Waals surface area contributed by atoms with Gasteiger partial charge in [-0.15, -0.1) is 0 Å². The molecular weight excluding hydrogens is 430 g/mol. The smallest absolute Gasteiger partial charge is 0.271 e. The van der Waals surface area contributed by atoms with Crippen molar-refractivity contribution in [2.45, 2.75) is 4.90 Å². The number of amides is 1. The van der Waals surface area contributed by atoms with E-state index in [0.717, 1.165) is 10.4 Å². The number of sulfonamides is 1. The molecule has 0 saturated heterocycles. The van der Waals surface area contributed by atoms with E-state index in [-0.39, 0.29) is 26.9 Å². The number of nitro benzene ring substituents is 1. The number of non-ortho nitro benzene ring substituents is 1. The molecular formula is C20H16ClN3O5S. The largest absolute Gasteiger partial charge is 0.320 e. The fraction of sp³-hybridized carbons (Fsp3) is 0.0500. The van der Waals surface area contributed by atoms with E-state index in [4.69, 9.17) is 11.6 Å². The van der Waals surface area contributed by atoms with Crippen molar-refractivity contribution >= 4 is 44.6 Å². The van der Waals surface area contributed by atoms with E-state index in [0.29, 0.717) is 5.69 Å². The number of benzene rings is 3. The van der Waals surface area contributed by atoms with E-state index in [1.165, 1.54) is 55.6 Å². The number of hydrogen-bond donors (Lipinski definition) is 1. The molecule has 1 amide bonds. The van der Waals surface area contributed by atoms with E-state index in [9.17, 15) is 23.3 Å². The van der Waals surface area contributed by atoms with Gasteiger partial charge < -0.3 is 5.32 Å². The number of halogens is 1. The van der Waals surface area contributed by atoms with Gasteiger partial charge in [0.25, 0.3) is 21.6 Å². The minimum absolute atomic E-state index is 0.101. The van der Waals surface area contributed by atoms with E-state index < -0.39 is 20.9 Å². The normalized spacial score (nSPS) is 11.0. The second-order valence-corrected chi connectivity index (χ2v) is 8.58. The number of carbonyl (C=O) groups is 1. The lowest BCUT2D eigenvalue weighted by Crippen LogP contribution is -2.26. The molecule has 10 heteroatoms. The molecule has 0 saturated carbocycles. The van der Waals surface area contributed by atoms with Crippen LogP contribution in [0.3, 0.4) is 0 Å². The maximum atomic E-state index is 12.7. The number of anilines is 2. The molecule has 154 valence electrons. The minimum Gasteiger partial charge on any atom is -0.320 e. The van der Waals surface area contributed by atoms with Gasteiger partial charge in [-0.2, -0.15) is 0 Å². The van der Waals surface area contributed by atoms with Crippen LogP contribution in [0, 0.1) is 10.1 Å². The quantitative estimate of drug-likeness (QED) is 0.448. The highest BCUT2D eigenvalue weighted by Gasteiger charge is 2.21. The van der Waals surface area contributed by atoms with Crippen molar-refractivity contribution in [3.05, 3.63) is 93.5 Å². The molecule has 0 heterocycles. The van der Waals surface area contributed by atoms with Crippen LogP contribution in [0.2, 0.25) is 5.02 Å². The fourth-order valence-electron chi connectivity index (χ4n) is 2.63. The van der Waals surface area contributed by atoms with Crippen molar-refractivity contribution in [1.82, 2.24) is 0 Å². The molecule has 30 heavy (non-hydrogen) atoms. The first-order valence-electron chi connectivity index (χ1n) is 8.59. The van der Waals surface area contributed by atoms with Crippen LogP contribution in [0.25, 0.3) is 0 Å². The fourth-order valence-corrected chi connectivity index (χ4v) is 4.01. The number of hydrogen-bond acceptors (Lipinski definition) is 5. The van der Waals surface area contributed by atoms with Gasteiger partial charge in [0.2, 0.25) is 0 Å². The molecule has 0 bridgehead atoms. The monoisotopic (exact) mass is 445 g/mol. The first kappa shape index (κ1) is 21.3. The predicted octanol–water partition coefficient (Wildman–Crippen LogP) is 4.33. The van der Waals surface area contributed by atoms with Crippen molar-refractivity contribution in [2.24, 2.45) is 0 Å². The first-order valence-corrected chi connectivity index (χ1v) is 10.4. The Labute approximate surface area is 177 Å². The summed E-state index contributed by atoms with van der Waals surface area (Å²) in [4.78, 5) is 22.9. The molecule has 0 fully saturated rings. The third kappa shape index (κ3) is 4.42. The number of nitrogens with one attached hydrogen (secondary N) is 1. The molecule has 3 aromatic rings. The minimum atomic E-state index is -3.74. The summed E-state index contributed by atoms with van der Waals surface area (Å²) in [6.07, 6.45) is 0. The number of rotatable bonds is 6. The van der Waals surface area contributed by atoms with Gasteiger partial charge in [-0.1, -0.05) is 29.8 Å². The number of nitro groups is 1. The summed E-state index contributed by atoms with van der Waals surface area (Å²) in [5.74, 6) is -0.544. The van der Waals surface area contributed by atoms with Gasteiger partial charge >= 0.3 is 0 Å². The molecule has 0 radical (unpaired) electrons. The molecule has 0 atom stereocenters. The molecule has 1 N–H and O–H groups in total. The lowest BCUT2D eigenvalue weighted by Gasteiger charge is -2.19. The van der Waals surface area contributed by atoms with Gasteiger partial charge in [0.05, 0.1) is 26.2 Å². The van der Waals surface area contributed by atoms with Crippen LogP contribution in [0.4, 0.5) is 17.1 Å². The zero-order valence-corrected chi connectivity index (χ0v) is 17.2. The summed E-state index contributed by atoms with van der Waals surface area (Å²) in [6.45, 7) is 0. The summed E-state index contributed by atoms with van der Waals surface area (Å²) in [7, 11) is -2.32. The molecule has 0 spiro atoms. The lowest BCUT2D eigenvalue weighted by molar-refractivity contribution is -0.384. The standard InChI is InChI=1S/C20H16ClN3O5S/c1-23(30(28,29)17-5-3-2-4-6-17)15-9-7-14(8-10-15)20(25)22-19-13-16(24(26)27)11-12-18(19)21/h2-13H,1H3,(H,22,25). The molecule has 3 aromatic carbocycles. The Morgan fingerprint density at radius 1 is 1.03 bits per heavy atom. The summed E-state index contributed by atoms with van der Waals surface area (Å²) >= 11 is 6.00. The predicted molar refractivity (Wildman–Crippen MR) is 115 cm³/mol. The van der Waals surface area contributed by atoms with Crippen molar-refractivity contribution in [2.75, 3.05) is 16.7 Å². The third-order valence-corrected chi connectivity index (χ3v) is 6.43. The van der Waals surface area contributed by atoms with Crippen LogP contribution in [-0.4, -0.2) is 26.3 Å². The van der Waals surface area contributed by atoms with E-state index in [1.807, 2.05) is 0 Å². The van der Waals surface area contributed by atoms with Crippen molar-refractivity contribution in [1.29, 1.82) is 0 Å². The van der Waals surface area contributed by atoms with Gasteiger partial charge in [-0.3, -0.25) is 19.2 Å². The maximum Gasteiger partial charge on any atom is 0.271 e. The average Bonchev–Trinajstić information content (AvgIpc) is 2.75. The SMILES string of the molecule is CN(c1ccc(C(=O)Nc2cc([N+](=O)[O-])ccc2Cl)cc1)S(=O)(=O)c1ccccc1. The number of nitrogens with zero attached hydrogens (tertiary/aromatic N) is 2. The zero-order valence-electron chi connectivity index (χ0n) is 15.7. The van der Waals surface area contributed by atoms with Crippen LogP contribution < -0.4 is 9.62 Å². The van der Waals surface area contributed by atoms with Gasteiger partial charge in [0.1, 0.15) is 0 Å².